The van der Waals surface area contributed by atoms with Crippen LogP contribution in [0.5, 0.6) is 5.75 Å². The van der Waals surface area contributed by atoms with Gasteiger partial charge in [-0.3, -0.25) is 4.68 Å². The van der Waals surface area contributed by atoms with Crippen molar-refractivity contribution < 1.29 is 13.2 Å². The summed E-state index contributed by atoms with van der Waals surface area (Å²) in [6.45, 7) is 0.570. The fourth-order valence-corrected chi connectivity index (χ4v) is 3.73. The lowest BCUT2D eigenvalue weighted by Crippen LogP contribution is -2.41. The van der Waals surface area contributed by atoms with E-state index in [1.807, 2.05) is 0 Å². The van der Waals surface area contributed by atoms with Gasteiger partial charge in [-0.05, 0) is 43.0 Å². The Morgan fingerprint density at radius 1 is 1.38 bits per heavy atom. The molecule has 1 aromatic heterocycles. The average Bonchev–Trinajstić information content (AvgIpc) is 3.34. The smallest absolute Gasteiger partial charge is 0.240 e. The zero-order chi connectivity index (χ0) is 17.2. The molecule has 0 amide bonds. The van der Waals surface area contributed by atoms with Gasteiger partial charge in [0.25, 0.3) is 0 Å². The van der Waals surface area contributed by atoms with E-state index in [9.17, 15) is 8.42 Å². The highest BCUT2D eigenvalue weighted by molar-refractivity contribution is 7.89. The number of benzene rings is 1. The van der Waals surface area contributed by atoms with Gasteiger partial charge in [-0.15, -0.1) is 0 Å². The zero-order valence-corrected chi connectivity index (χ0v) is 14.2. The first-order chi connectivity index (χ1) is 11.5. The molecule has 1 aliphatic carbocycles. The number of hydrogen-bond donors (Lipinski definition) is 2. The van der Waals surface area contributed by atoms with Crippen LogP contribution < -0.4 is 15.2 Å². The molecular formula is C15H21N5O3S. The highest BCUT2D eigenvalue weighted by atomic mass is 32.2. The van der Waals surface area contributed by atoms with Crippen molar-refractivity contribution >= 4 is 10.0 Å². The van der Waals surface area contributed by atoms with E-state index in [0.717, 1.165) is 12.8 Å². The molecule has 24 heavy (non-hydrogen) atoms. The summed E-state index contributed by atoms with van der Waals surface area (Å²) in [4.78, 5) is 4.26. The molecule has 2 aromatic rings. The largest absolute Gasteiger partial charge is 0.486 e. The van der Waals surface area contributed by atoms with E-state index in [-0.39, 0.29) is 17.5 Å². The molecule has 1 atom stereocenters. The molecular weight excluding hydrogens is 330 g/mol. The second-order valence-corrected chi connectivity index (χ2v) is 7.57. The highest BCUT2D eigenvalue weighted by Crippen LogP contribution is 2.33. The van der Waals surface area contributed by atoms with Crippen molar-refractivity contribution in [1.29, 1.82) is 0 Å². The lowest BCUT2D eigenvalue weighted by molar-refractivity contribution is 0.289. The van der Waals surface area contributed by atoms with Crippen LogP contribution in [0.25, 0.3) is 0 Å². The third-order valence-corrected chi connectivity index (χ3v) is 5.56. The molecule has 3 rings (SSSR count). The monoisotopic (exact) mass is 351 g/mol. The van der Waals surface area contributed by atoms with Crippen LogP contribution in [0.1, 0.15) is 18.7 Å². The van der Waals surface area contributed by atoms with E-state index >= 15 is 0 Å². The first-order valence-electron chi connectivity index (χ1n) is 7.78. The minimum Gasteiger partial charge on any atom is -0.486 e. The van der Waals surface area contributed by atoms with Gasteiger partial charge in [0, 0.05) is 19.6 Å². The molecule has 8 nitrogen and oxygen atoms in total. The van der Waals surface area contributed by atoms with Gasteiger partial charge >= 0.3 is 0 Å². The van der Waals surface area contributed by atoms with Gasteiger partial charge in [0.1, 0.15) is 18.7 Å². The number of rotatable bonds is 8. The van der Waals surface area contributed by atoms with Crippen LogP contribution in [-0.4, -0.2) is 35.8 Å². The molecule has 1 unspecified atom stereocenters. The topological polar surface area (TPSA) is 112 Å². The molecule has 3 N–H and O–H groups in total. The first kappa shape index (κ1) is 16.9. The average molecular weight is 351 g/mol. The maximum Gasteiger partial charge on any atom is 0.240 e. The van der Waals surface area contributed by atoms with Crippen molar-refractivity contribution in [2.45, 2.75) is 30.4 Å². The molecule has 9 heteroatoms. The van der Waals surface area contributed by atoms with Gasteiger partial charge in [0.15, 0.2) is 5.82 Å². The number of aromatic nitrogens is 3. The molecule has 0 spiro atoms. The molecule has 0 saturated heterocycles. The van der Waals surface area contributed by atoms with E-state index < -0.39 is 10.0 Å². The maximum absolute atomic E-state index is 12.4. The molecule has 0 radical (unpaired) electrons. The molecule has 1 fully saturated rings. The quantitative estimate of drug-likeness (QED) is 0.712. The first-order valence-corrected chi connectivity index (χ1v) is 9.26. The third kappa shape index (κ3) is 3.92. The minimum absolute atomic E-state index is 0.193. The molecule has 0 aliphatic heterocycles. The van der Waals surface area contributed by atoms with E-state index in [0.29, 0.717) is 24.0 Å². The van der Waals surface area contributed by atoms with Crippen LogP contribution in [0.15, 0.2) is 35.5 Å². The Balaban J connectivity index is 1.63. The second-order valence-electron chi connectivity index (χ2n) is 5.86. The number of aryl methyl sites for hydroxylation is 1. The number of nitrogens with one attached hydrogen (secondary N) is 1. The Labute approximate surface area is 141 Å². The number of nitrogens with two attached hydrogens (primary N) is 1. The summed E-state index contributed by atoms with van der Waals surface area (Å²) >= 11 is 0. The summed E-state index contributed by atoms with van der Waals surface area (Å²) in [6.07, 6.45) is 3.51. The van der Waals surface area contributed by atoms with Crippen molar-refractivity contribution in [2.24, 2.45) is 18.7 Å². The normalized spacial score (nSPS) is 16.1. The minimum atomic E-state index is -3.57. The highest BCUT2D eigenvalue weighted by Gasteiger charge is 2.33. The van der Waals surface area contributed by atoms with Crippen molar-refractivity contribution in [3.05, 3.63) is 36.4 Å². The fraction of sp³-hybridized carbons (Fsp3) is 0.467. The lowest BCUT2D eigenvalue weighted by atomic mass is 10.2. The number of hydrogen-bond acceptors (Lipinski definition) is 6. The van der Waals surface area contributed by atoms with Crippen LogP contribution in [0.3, 0.4) is 0 Å². The van der Waals surface area contributed by atoms with Gasteiger partial charge in [-0.1, -0.05) is 0 Å². The summed E-state index contributed by atoms with van der Waals surface area (Å²) in [5.74, 6) is 1.61. The van der Waals surface area contributed by atoms with Crippen LogP contribution in [0.4, 0.5) is 0 Å². The lowest BCUT2D eigenvalue weighted by Gasteiger charge is -2.16. The number of sulfonamides is 1. The van der Waals surface area contributed by atoms with Crippen LogP contribution in [-0.2, 0) is 23.7 Å². The summed E-state index contributed by atoms with van der Waals surface area (Å²) in [7, 11) is -1.79. The fourth-order valence-electron chi connectivity index (χ4n) is 2.42. The van der Waals surface area contributed by atoms with Gasteiger partial charge < -0.3 is 10.5 Å². The van der Waals surface area contributed by atoms with E-state index in [1.54, 1.807) is 23.9 Å². The Bertz CT molecular complexity index is 784. The Morgan fingerprint density at radius 2 is 2.08 bits per heavy atom. The zero-order valence-electron chi connectivity index (χ0n) is 13.4. The Hall–Kier alpha value is -1.97. The molecule has 0 bridgehead atoms. The summed E-state index contributed by atoms with van der Waals surface area (Å²) in [6, 6.07) is 6.10. The molecule has 1 aromatic carbocycles. The molecule has 1 saturated carbocycles. The number of ether oxygens (including phenoxy) is 1. The van der Waals surface area contributed by atoms with Crippen molar-refractivity contribution in [1.82, 2.24) is 19.5 Å². The van der Waals surface area contributed by atoms with Gasteiger partial charge in [0.05, 0.1) is 4.90 Å². The van der Waals surface area contributed by atoms with E-state index in [2.05, 4.69) is 14.8 Å². The molecule has 1 aliphatic rings. The van der Waals surface area contributed by atoms with E-state index in [4.69, 9.17) is 10.5 Å². The van der Waals surface area contributed by atoms with E-state index in [1.165, 1.54) is 18.5 Å². The van der Waals surface area contributed by atoms with Gasteiger partial charge in [-0.2, -0.15) is 5.10 Å². The summed E-state index contributed by atoms with van der Waals surface area (Å²) < 4.78 is 34.7. The third-order valence-electron chi connectivity index (χ3n) is 4.06. The number of nitrogens with zero attached hydrogens (tertiary/aromatic N) is 3. The van der Waals surface area contributed by atoms with Crippen molar-refractivity contribution in [3.63, 3.8) is 0 Å². The van der Waals surface area contributed by atoms with Crippen LogP contribution in [0.2, 0.25) is 0 Å². The van der Waals surface area contributed by atoms with Gasteiger partial charge in [0.2, 0.25) is 10.0 Å². The second kappa shape index (κ2) is 6.88. The van der Waals surface area contributed by atoms with Crippen LogP contribution in [0, 0.1) is 5.92 Å². The predicted octanol–water partition coefficient (Wildman–Crippen LogP) is 0.410. The van der Waals surface area contributed by atoms with Crippen molar-refractivity contribution in [2.75, 3.05) is 6.54 Å². The molecule has 130 valence electrons. The SMILES string of the molecule is Cn1ncnc1COc1ccc(S(=O)(=O)NC(CN)C2CC2)cc1. The van der Waals surface area contributed by atoms with Crippen molar-refractivity contribution in [3.8, 4) is 5.75 Å². The Kier molecular flexibility index (Phi) is 4.83. The van der Waals surface area contributed by atoms with Crippen LogP contribution >= 0.6 is 0 Å². The van der Waals surface area contributed by atoms with Gasteiger partial charge in [-0.25, -0.2) is 18.1 Å². The molecule has 1 heterocycles. The standard InChI is InChI=1S/C15H21N5O3S/c1-20-15(17-10-18-20)9-23-12-4-6-13(7-5-12)24(21,22)19-14(8-16)11-2-3-11/h4-7,10-11,14,19H,2-3,8-9,16H2,1H3. The maximum atomic E-state index is 12.4. The predicted molar refractivity (Wildman–Crippen MR) is 87.7 cm³/mol. The summed E-state index contributed by atoms with van der Waals surface area (Å²) in [5, 5.41) is 3.96. The summed E-state index contributed by atoms with van der Waals surface area (Å²) in [5.41, 5.74) is 5.66. The Morgan fingerprint density at radius 3 is 2.62 bits per heavy atom.